The highest BCUT2D eigenvalue weighted by Crippen LogP contribution is 2.33. The van der Waals surface area contributed by atoms with E-state index in [0.29, 0.717) is 5.69 Å². The molecule has 0 radical (unpaired) electrons. The predicted molar refractivity (Wildman–Crippen MR) is 60.0 cm³/mol. The molecular weight excluding hydrogens is 204 g/mol. The van der Waals surface area contributed by atoms with Gasteiger partial charge in [0.05, 0.1) is 5.69 Å². The summed E-state index contributed by atoms with van der Waals surface area (Å²) in [6.45, 7) is 4.90. The summed E-state index contributed by atoms with van der Waals surface area (Å²) >= 11 is 0. The van der Waals surface area contributed by atoms with Crippen LogP contribution in [0.25, 0.3) is 0 Å². The van der Waals surface area contributed by atoms with Gasteiger partial charge in [-0.2, -0.15) is 0 Å². The summed E-state index contributed by atoms with van der Waals surface area (Å²) < 4.78 is 1.84. The minimum atomic E-state index is -0.485. The van der Waals surface area contributed by atoms with Crippen LogP contribution in [0.1, 0.15) is 55.2 Å². The molecule has 0 bridgehead atoms. The highest BCUT2D eigenvalue weighted by atomic mass is 16.1. The molecule has 0 aromatic carbocycles. The quantitative estimate of drug-likeness (QED) is 0.816. The molecule has 88 valence electrons. The predicted octanol–water partition coefficient (Wildman–Crippen LogP) is 1.30. The van der Waals surface area contributed by atoms with Crippen LogP contribution in [0, 0.1) is 5.92 Å². The van der Waals surface area contributed by atoms with Crippen molar-refractivity contribution >= 4 is 5.91 Å². The van der Waals surface area contributed by atoms with E-state index in [0.717, 1.165) is 24.6 Å². The van der Waals surface area contributed by atoms with Gasteiger partial charge in [0.2, 0.25) is 0 Å². The van der Waals surface area contributed by atoms with Gasteiger partial charge in [0, 0.05) is 6.54 Å². The number of amides is 1. The summed E-state index contributed by atoms with van der Waals surface area (Å²) in [5.41, 5.74) is 6.47. The second-order valence-corrected chi connectivity index (χ2v) is 4.80. The van der Waals surface area contributed by atoms with Crippen LogP contribution in [0.4, 0.5) is 0 Å². The number of aryl methyl sites for hydroxylation is 1. The summed E-state index contributed by atoms with van der Waals surface area (Å²) in [6, 6.07) is 0. The molecule has 0 aliphatic heterocycles. The first-order valence-electron chi connectivity index (χ1n) is 5.82. The molecule has 16 heavy (non-hydrogen) atoms. The Morgan fingerprint density at radius 3 is 2.75 bits per heavy atom. The summed E-state index contributed by atoms with van der Waals surface area (Å²) in [4.78, 5) is 11.2. The van der Waals surface area contributed by atoms with Gasteiger partial charge >= 0.3 is 0 Å². The number of hydrogen-bond acceptors (Lipinski definition) is 3. The average molecular weight is 222 g/mol. The first-order valence-corrected chi connectivity index (χ1v) is 5.82. The Morgan fingerprint density at radius 2 is 2.25 bits per heavy atom. The van der Waals surface area contributed by atoms with Crippen molar-refractivity contribution in [1.82, 2.24) is 15.0 Å². The van der Waals surface area contributed by atoms with Crippen molar-refractivity contribution in [3.8, 4) is 0 Å². The molecule has 1 aromatic heterocycles. The molecule has 2 N–H and O–H groups in total. The number of nitrogens with two attached hydrogens (primary N) is 1. The lowest BCUT2D eigenvalue weighted by molar-refractivity contribution is 0.0994. The lowest BCUT2D eigenvalue weighted by Crippen LogP contribution is -2.16. The van der Waals surface area contributed by atoms with E-state index in [9.17, 15) is 4.79 Å². The zero-order valence-electron chi connectivity index (χ0n) is 9.81. The van der Waals surface area contributed by atoms with E-state index in [2.05, 4.69) is 10.3 Å². The fraction of sp³-hybridized carbons (Fsp3) is 0.727. The van der Waals surface area contributed by atoms with Crippen LogP contribution in [0.15, 0.2) is 0 Å². The van der Waals surface area contributed by atoms with Gasteiger partial charge in [-0.1, -0.05) is 31.9 Å². The minimum Gasteiger partial charge on any atom is -0.364 e. The number of nitrogens with zero attached hydrogens (tertiary/aromatic N) is 3. The second-order valence-electron chi connectivity index (χ2n) is 4.80. The lowest BCUT2D eigenvalue weighted by atomic mass is 10.1. The first kappa shape index (κ1) is 11.1. The Kier molecular flexibility index (Phi) is 2.94. The molecule has 5 nitrogen and oxygen atoms in total. The molecule has 2 rings (SSSR count). The Bertz CT molecular complexity index is 393. The van der Waals surface area contributed by atoms with Crippen LogP contribution >= 0.6 is 0 Å². The van der Waals surface area contributed by atoms with Gasteiger partial charge in [0.25, 0.3) is 5.91 Å². The van der Waals surface area contributed by atoms with Crippen molar-refractivity contribution < 1.29 is 4.79 Å². The summed E-state index contributed by atoms with van der Waals surface area (Å²) in [6.07, 6.45) is 3.78. The molecule has 0 saturated heterocycles. The second kappa shape index (κ2) is 4.23. The number of primary amides is 1. The number of carbonyl (C=O) groups is 1. The van der Waals surface area contributed by atoms with Gasteiger partial charge in [-0.3, -0.25) is 4.79 Å². The van der Waals surface area contributed by atoms with Crippen molar-refractivity contribution in [2.75, 3.05) is 0 Å². The van der Waals surface area contributed by atoms with Gasteiger partial charge in [0.15, 0.2) is 5.69 Å². The normalized spacial score (nSPS) is 15.7. The van der Waals surface area contributed by atoms with E-state index in [1.807, 2.05) is 18.5 Å². The molecular formula is C11H18N4O. The maximum Gasteiger partial charge on any atom is 0.271 e. The SMILES string of the molecule is CC(C)c1c(C(N)=O)nnn1CCC1CC1. The maximum absolute atomic E-state index is 11.2. The molecule has 0 atom stereocenters. The van der Waals surface area contributed by atoms with Crippen LogP contribution in [-0.2, 0) is 6.54 Å². The van der Waals surface area contributed by atoms with Gasteiger partial charge < -0.3 is 5.73 Å². The Morgan fingerprint density at radius 1 is 1.56 bits per heavy atom. The minimum absolute atomic E-state index is 0.219. The fourth-order valence-electron chi connectivity index (χ4n) is 1.94. The van der Waals surface area contributed by atoms with Crippen LogP contribution in [0.2, 0.25) is 0 Å². The molecule has 0 spiro atoms. The number of hydrogen-bond donors (Lipinski definition) is 1. The Labute approximate surface area is 95.0 Å². The van der Waals surface area contributed by atoms with Crippen molar-refractivity contribution in [1.29, 1.82) is 0 Å². The summed E-state index contributed by atoms with van der Waals surface area (Å²) in [7, 11) is 0. The standard InChI is InChI=1S/C11H18N4O/c1-7(2)10-9(11(12)16)13-14-15(10)6-5-8-3-4-8/h7-8H,3-6H2,1-2H3,(H2,12,16). The van der Waals surface area contributed by atoms with Crippen LogP contribution < -0.4 is 5.73 Å². The third kappa shape index (κ3) is 2.23. The van der Waals surface area contributed by atoms with Gasteiger partial charge in [-0.25, -0.2) is 4.68 Å². The summed E-state index contributed by atoms with van der Waals surface area (Å²) in [5.74, 6) is 0.583. The lowest BCUT2D eigenvalue weighted by Gasteiger charge is -2.09. The van der Waals surface area contributed by atoms with Crippen LogP contribution in [0.3, 0.4) is 0 Å². The van der Waals surface area contributed by atoms with E-state index in [-0.39, 0.29) is 5.92 Å². The van der Waals surface area contributed by atoms with Crippen LogP contribution in [-0.4, -0.2) is 20.9 Å². The monoisotopic (exact) mass is 222 g/mol. The van der Waals surface area contributed by atoms with Crippen molar-refractivity contribution in [2.45, 2.75) is 45.6 Å². The third-order valence-corrected chi connectivity index (χ3v) is 3.00. The van der Waals surface area contributed by atoms with E-state index >= 15 is 0 Å². The highest BCUT2D eigenvalue weighted by molar-refractivity contribution is 5.91. The highest BCUT2D eigenvalue weighted by Gasteiger charge is 2.24. The molecule has 1 fully saturated rings. The van der Waals surface area contributed by atoms with Crippen molar-refractivity contribution in [3.05, 3.63) is 11.4 Å². The number of aromatic nitrogens is 3. The smallest absolute Gasteiger partial charge is 0.271 e. The first-order chi connectivity index (χ1) is 7.59. The molecule has 1 aromatic rings. The molecule has 1 amide bonds. The number of rotatable bonds is 5. The van der Waals surface area contributed by atoms with E-state index in [4.69, 9.17) is 5.73 Å². The topological polar surface area (TPSA) is 73.8 Å². The fourth-order valence-corrected chi connectivity index (χ4v) is 1.94. The van der Waals surface area contributed by atoms with Gasteiger partial charge in [-0.15, -0.1) is 5.10 Å². The molecule has 1 aliphatic rings. The zero-order valence-corrected chi connectivity index (χ0v) is 9.81. The van der Waals surface area contributed by atoms with Crippen molar-refractivity contribution in [2.24, 2.45) is 11.7 Å². The van der Waals surface area contributed by atoms with Crippen molar-refractivity contribution in [3.63, 3.8) is 0 Å². The Hall–Kier alpha value is -1.39. The largest absolute Gasteiger partial charge is 0.364 e. The third-order valence-electron chi connectivity index (χ3n) is 3.00. The van der Waals surface area contributed by atoms with E-state index in [1.54, 1.807) is 0 Å². The molecule has 5 heteroatoms. The maximum atomic E-state index is 11.2. The van der Waals surface area contributed by atoms with Gasteiger partial charge in [-0.05, 0) is 18.3 Å². The van der Waals surface area contributed by atoms with Gasteiger partial charge in [0.1, 0.15) is 0 Å². The molecule has 1 aliphatic carbocycles. The average Bonchev–Trinajstić information content (AvgIpc) is 2.92. The zero-order chi connectivity index (χ0) is 11.7. The van der Waals surface area contributed by atoms with Crippen LogP contribution in [0.5, 0.6) is 0 Å². The molecule has 1 saturated carbocycles. The molecule has 0 unspecified atom stereocenters. The van der Waals surface area contributed by atoms with E-state index < -0.39 is 5.91 Å². The molecule has 1 heterocycles. The number of carbonyl (C=O) groups excluding carboxylic acids is 1. The van der Waals surface area contributed by atoms with E-state index in [1.165, 1.54) is 12.8 Å². The summed E-state index contributed by atoms with van der Waals surface area (Å²) in [5, 5.41) is 7.90. The Balaban J connectivity index is 2.18.